The predicted octanol–water partition coefficient (Wildman–Crippen LogP) is 3.29. The van der Waals surface area contributed by atoms with Gasteiger partial charge in [0.25, 0.3) is 0 Å². The Balaban J connectivity index is 2.25. The molecular formula is C13H12NO. The Morgan fingerprint density at radius 2 is 2.07 bits per heavy atom. The van der Waals surface area contributed by atoms with Crippen molar-refractivity contribution in [1.82, 2.24) is 4.98 Å². The number of hydrogen-bond acceptors (Lipinski definition) is 2. The van der Waals surface area contributed by atoms with Crippen molar-refractivity contribution in [3.8, 4) is 11.6 Å². The molecular weight excluding hydrogens is 186 g/mol. The molecule has 0 saturated carbocycles. The van der Waals surface area contributed by atoms with E-state index in [1.807, 2.05) is 19.1 Å². The maximum absolute atomic E-state index is 5.63. The second-order valence-corrected chi connectivity index (χ2v) is 3.47. The van der Waals surface area contributed by atoms with Gasteiger partial charge in [0.05, 0.1) is 0 Å². The fourth-order valence-electron chi connectivity index (χ4n) is 1.39. The molecule has 1 aromatic heterocycles. The van der Waals surface area contributed by atoms with Gasteiger partial charge in [-0.05, 0) is 31.5 Å². The molecule has 0 unspecified atom stereocenters. The summed E-state index contributed by atoms with van der Waals surface area (Å²) in [6, 6.07) is 12.5. The first kappa shape index (κ1) is 9.71. The number of aryl methyl sites for hydroxylation is 2. The van der Waals surface area contributed by atoms with Crippen molar-refractivity contribution >= 4 is 0 Å². The normalized spacial score (nSPS) is 10.0. The first-order valence-electron chi connectivity index (χ1n) is 4.83. The summed E-state index contributed by atoms with van der Waals surface area (Å²) in [6.45, 7) is 4.09. The van der Waals surface area contributed by atoms with Gasteiger partial charge in [-0.3, -0.25) is 0 Å². The Hall–Kier alpha value is -1.83. The van der Waals surface area contributed by atoms with Crippen molar-refractivity contribution < 1.29 is 4.74 Å². The van der Waals surface area contributed by atoms with Crippen molar-refractivity contribution in [2.75, 3.05) is 0 Å². The van der Waals surface area contributed by atoms with Crippen LogP contribution in [0.25, 0.3) is 0 Å². The van der Waals surface area contributed by atoms with Crippen LogP contribution in [0.2, 0.25) is 0 Å². The van der Waals surface area contributed by atoms with Gasteiger partial charge in [-0.1, -0.05) is 17.7 Å². The molecule has 0 bridgehead atoms. The van der Waals surface area contributed by atoms with Crippen LogP contribution in [0.5, 0.6) is 11.6 Å². The van der Waals surface area contributed by atoms with Gasteiger partial charge in [-0.2, -0.15) is 0 Å². The van der Waals surface area contributed by atoms with Gasteiger partial charge in [-0.25, -0.2) is 4.98 Å². The van der Waals surface area contributed by atoms with E-state index in [2.05, 4.69) is 24.0 Å². The zero-order valence-electron chi connectivity index (χ0n) is 8.82. The van der Waals surface area contributed by atoms with Crippen LogP contribution in [-0.4, -0.2) is 4.98 Å². The van der Waals surface area contributed by atoms with E-state index in [-0.39, 0.29) is 0 Å². The summed E-state index contributed by atoms with van der Waals surface area (Å²) >= 11 is 0. The standard InChI is InChI=1S/C13H12NO/c1-10-6-7-12(11(2)9-10)15-13-5-3-4-8-14-13/h3,5-9H,1-2H3. The molecule has 0 amide bonds. The monoisotopic (exact) mass is 198 g/mol. The largest absolute Gasteiger partial charge is 0.439 e. The first-order chi connectivity index (χ1) is 7.25. The summed E-state index contributed by atoms with van der Waals surface area (Å²) in [5, 5.41) is 0. The Morgan fingerprint density at radius 1 is 1.20 bits per heavy atom. The number of nitrogens with zero attached hydrogens (tertiary/aromatic N) is 1. The summed E-state index contributed by atoms with van der Waals surface area (Å²) in [4.78, 5) is 4.06. The van der Waals surface area contributed by atoms with Crippen molar-refractivity contribution in [1.29, 1.82) is 0 Å². The predicted molar refractivity (Wildman–Crippen MR) is 59.1 cm³/mol. The van der Waals surface area contributed by atoms with Crippen LogP contribution in [0, 0.1) is 19.9 Å². The second kappa shape index (κ2) is 4.13. The molecule has 2 aromatic rings. The van der Waals surface area contributed by atoms with Gasteiger partial charge < -0.3 is 4.74 Å². The molecule has 0 saturated heterocycles. The molecule has 0 atom stereocenters. The molecule has 75 valence electrons. The van der Waals surface area contributed by atoms with Crippen LogP contribution in [0.1, 0.15) is 11.1 Å². The SMILES string of the molecule is Cc1ccc(Oc2cc[c]cn2)c(C)c1. The summed E-state index contributed by atoms with van der Waals surface area (Å²) in [5.41, 5.74) is 2.35. The molecule has 0 aliphatic rings. The van der Waals surface area contributed by atoms with Gasteiger partial charge >= 0.3 is 0 Å². The molecule has 15 heavy (non-hydrogen) atoms. The zero-order chi connectivity index (χ0) is 10.7. The fourth-order valence-corrected chi connectivity index (χ4v) is 1.39. The van der Waals surface area contributed by atoms with Crippen LogP contribution in [-0.2, 0) is 0 Å². The Kier molecular flexibility index (Phi) is 2.68. The quantitative estimate of drug-likeness (QED) is 0.738. The lowest BCUT2D eigenvalue weighted by Crippen LogP contribution is -1.89. The van der Waals surface area contributed by atoms with E-state index >= 15 is 0 Å². The average Bonchev–Trinajstić information content (AvgIpc) is 2.24. The number of aromatic nitrogens is 1. The molecule has 0 aliphatic carbocycles. The number of benzene rings is 1. The minimum atomic E-state index is 0.598. The van der Waals surface area contributed by atoms with Crippen molar-refractivity contribution in [2.24, 2.45) is 0 Å². The molecule has 1 aromatic carbocycles. The second-order valence-electron chi connectivity index (χ2n) is 3.47. The third-order valence-corrected chi connectivity index (χ3v) is 2.13. The molecule has 0 spiro atoms. The van der Waals surface area contributed by atoms with Crippen LogP contribution >= 0.6 is 0 Å². The van der Waals surface area contributed by atoms with E-state index in [0.717, 1.165) is 11.3 Å². The van der Waals surface area contributed by atoms with Crippen LogP contribution in [0.4, 0.5) is 0 Å². The topological polar surface area (TPSA) is 22.1 Å². The highest BCUT2D eigenvalue weighted by atomic mass is 16.5. The third kappa shape index (κ3) is 2.34. The van der Waals surface area contributed by atoms with Crippen LogP contribution < -0.4 is 4.74 Å². The number of pyridine rings is 1. The summed E-state index contributed by atoms with van der Waals surface area (Å²) < 4.78 is 5.63. The molecule has 0 fully saturated rings. The number of rotatable bonds is 2. The summed E-state index contributed by atoms with van der Waals surface area (Å²) in [6.07, 6.45) is 1.60. The molecule has 0 N–H and O–H groups in total. The van der Waals surface area contributed by atoms with E-state index < -0.39 is 0 Å². The Bertz CT molecular complexity index is 451. The number of hydrogen-bond donors (Lipinski definition) is 0. The third-order valence-electron chi connectivity index (χ3n) is 2.13. The molecule has 2 rings (SSSR count). The maximum Gasteiger partial charge on any atom is 0.219 e. The Labute approximate surface area is 89.6 Å². The first-order valence-corrected chi connectivity index (χ1v) is 4.83. The minimum absolute atomic E-state index is 0.598. The van der Waals surface area contributed by atoms with Gasteiger partial charge in [-0.15, -0.1) is 0 Å². The number of ether oxygens (including phenoxy) is 1. The molecule has 1 radical (unpaired) electrons. The van der Waals surface area contributed by atoms with Crippen LogP contribution in [0.3, 0.4) is 0 Å². The maximum atomic E-state index is 5.63. The van der Waals surface area contributed by atoms with Gasteiger partial charge in [0, 0.05) is 18.3 Å². The van der Waals surface area contributed by atoms with E-state index in [0.29, 0.717) is 5.88 Å². The molecule has 2 nitrogen and oxygen atoms in total. The lowest BCUT2D eigenvalue weighted by atomic mass is 10.1. The minimum Gasteiger partial charge on any atom is -0.439 e. The Morgan fingerprint density at radius 3 is 2.73 bits per heavy atom. The molecule has 1 heterocycles. The van der Waals surface area contributed by atoms with E-state index in [4.69, 9.17) is 4.74 Å². The highest BCUT2D eigenvalue weighted by Gasteiger charge is 2.01. The van der Waals surface area contributed by atoms with Crippen LogP contribution in [0.15, 0.2) is 36.5 Å². The fraction of sp³-hybridized carbons (Fsp3) is 0.154. The smallest absolute Gasteiger partial charge is 0.219 e. The van der Waals surface area contributed by atoms with Crippen molar-refractivity contribution in [3.05, 3.63) is 53.7 Å². The van der Waals surface area contributed by atoms with Gasteiger partial charge in [0.2, 0.25) is 5.88 Å². The van der Waals surface area contributed by atoms with E-state index in [9.17, 15) is 0 Å². The van der Waals surface area contributed by atoms with Crippen molar-refractivity contribution in [3.63, 3.8) is 0 Å². The highest BCUT2D eigenvalue weighted by Crippen LogP contribution is 2.23. The lowest BCUT2D eigenvalue weighted by Gasteiger charge is -2.07. The average molecular weight is 198 g/mol. The molecule has 2 heteroatoms. The van der Waals surface area contributed by atoms with Gasteiger partial charge in [0.1, 0.15) is 5.75 Å². The summed E-state index contributed by atoms with van der Waals surface area (Å²) in [5.74, 6) is 1.44. The van der Waals surface area contributed by atoms with Crippen molar-refractivity contribution in [2.45, 2.75) is 13.8 Å². The zero-order valence-corrected chi connectivity index (χ0v) is 8.82. The lowest BCUT2D eigenvalue weighted by molar-refractivity contribution is 0.459. The summed E-state index contributed by atoms with van der Waals surface area (Å²) in [7, 11) is 0. The van der Waals surface area contributed by atoms with E-state index in [1.165, 1.54) is 5.56 Å². The molecule has 0 aliphatic heterocycles. The highest BCUT2D eigenvalue weighted by molar-refractivity contribution is 5.37. The van der Waals surface area contributed by atoms with Gasteiger partial charge in [0.15, 0.2) is 0 Å². The van der Waals surface area contributed by atoms with E-state index in [1.54, 1.807) is 18.3 Å².